The van der Waals surface area contributed by atoms with Crippen LogP contribution in [0.3, 0.4) is 0 Å². The summed E-state index contributed by atoms with van der Waals surface area (Å²) in [6.45, 7) is 3.02. The third kappa shape index (κ3) is 3.43. The Morgan fingerprint density at radius 3 is 2.83 bits per heavy atom. The molecule has 4 aromatic rings. The number of carbonyl (C=O) groups is 1. The van der Waals surface area contributed by atoms with Gasteiger partial charge >= 0.3 is 0 Å². The number of anilines is 1. The number of likely N-dealkylation sites (tertiary alicyclic amines) is 1. The van der Waals surface area contributed by atoms with Crippen molar-refractivity contribution >= 4 is 34.4 Å². The number of oxazole rings is 1. The summed E-state index contributed by atoms with van der Waals surface area (Å²) < 4.78 is 19.3. The average molecular weight is 422 g/mol. The van der Waals surface area contributed by atoms with Gasteiger partial charge in [0.15, 0.2) is 11.4 Å². The highest BCUT2D eigenvalue weighted by Gasteiger charge is 2.31. The Hall–Kier alpha value is -3.26. The van der Waals surface area contributed by atoms with Crippen molar-refractivity contribution in [3.63, 3.8) is 0 Å². The van der Waals surface area contributed by atoms with Crippen molar-refractivity contribution < 1.29 is 13.6 Å². The van der Waals surface area contributed by atoms with Crippen molar-refractivity contribution in [2.24, 2.45) is 0 Å². The van der Waals surface area contributed by atoms with Crippen LogP contribution in [0.25, 0.3) is 21.5 Å². The zero-order valence-electron chi connectivity index (χ0n) is 16.3. The standard InChI is InChI=1S/C22H19FN4O2S/c1-13-24-18(20(30-13)14-6-3-2-4-7-14)21(28)27-11-10-15(12-27)25-22-26-17-9-5-8-16(23)19(17)29-22/h2-9,15H,10-12H2,1H3,(H,25,26)/t15-/m1/s1. The summed E-state index contributed by atoms with van der Waals surface area (Å²) in [7, 11) is 0. The molecule has 30 heavy (non-hydrogen) atoms. The molecule has 1 aliphatic heterocycles. The van der Waals surface area contributed by atoms with Gasteiger partial charge in [-0.15, -0.1) is 11.3 Å². The molecule has 0 aliphatic carbocycles. The van der Waals surface area contributed by atoms with Crippen LogP contribution in [0.2, 0.25) is 0 Å². The van der Waals surface area contributed by atoms with Crippen LogP contribution in [0.4, 0.5) is 10.4 Å². The minimum Gasteiger partial charge on any atom is -0.420 e. The second-order valence-electron chi connectivity index (χ2n) is 7.26. The Morgan fingerprint density at radius 1 is 1.20 bits per heavy atom. The molecular formula is C22H19FN4O2S. The van der Waals surface area contributed by atoms with E-state index in [1.165, 1.54) is 17.4 Å². The lowest BCUT2D eigenvalue weighted by molar-refractivity contribution is 0.0787. The molecule has 1 aliphatic rings. The SMILES string of the molecule is Cc1nc(C(=O)N2CC[C@@H](Nc3nc4cccc(F)c4o3)C2)c(-c2ccccc2)s1. The fourth-order valence-corrected chi connectivity index (χ4v) is 4.64. The summed E-state index contributed by atoms with van der Waals surface area (Å²) >= 11 is 1.53. The quantitative estimate of drug-likeness (QED) is 0.515. The molecule has 1 atom stereocenters. The van der Waals surface area contributed by atoms with Gasteiger partial charge in [0.05, 0.1) is 9.88 Å². The van der Waals surface area contributed by atoms with Crippen LogP contribution in [-0.2, 0) is 0 Å². The van der Waals surface area contributed by atoms with Crippen LogP contribution in [0.1, 0.15) is 21.9 Å². The van der Waals surface area contributed by atoms with Gasteiger partial charge in [0, 0.05) is 19.1 Å². The predicted molar refractivity (Wildman–Crippen MR) is 114 cm³/mol. The number of hydrogen-bond acceptors (Lipinski definition) is 6. The molecule has 1 fully saturated rings. The minimum absolute atomic E-state index is 0.0232. The summed E-state index contributed by atoms with van der Waals surface area (Å²) in [6, 6.07) is 14.7. The molecular weight excluding hydrogens is 403 g/mol. The van der Waals surface area contributed by atoms with Crippen LogP contribution in [-0.4, -0.2) is 39.9 Å². The lowest BCUT2D eigenvalue weighted by Gasteiger charge is -2.16. The van der Waals surface area contributed by atoms with Crippen LogP contribution in [0.15, 0.2) is 52.9 Å². The second kappa shape index (κ2) is 7.53. The number of aryl methyl sites for hydroxylation is 1. The number of nitrogens with zero attached hydrogens (tertiary/aromatic N) is 3. The molecule has 0 bridgehead atoms. The van der Waals surface area contributed by atoms with Crippen LogP contribution < -0.4 is 5.32 Å². The molecule has 0 spiro atoms. The molecule has 2 aromatic heterocycles. The smallest absolute Gasteiger partial charge is 0.296 e. The predicted octanol–water partition coefficient (Wildman–Crippen LogP) is 4.73. The van der Waals surface area contributed by atoms with Gasteiger partial charge in [0.25, 0.3) is 11.9 Å². The molecule has 2 aromatic carbocycles. The number of para-hydroxylation sites is 1. The topological polar surface area (TPSA) is 71.3 Å². The molecule has 152 valence electrons. The monoisotopic (exact) mass is 422 g/mol. The van der Waals surface area contributed by atoms with E-state index in [9.17, 15) is 9.18 Å². The highest BCUT2D eigenvalue weighted by atomic mass is 32.1. The van der Waals surface area contributed by atoms with Gasteiger partial charge in [-0.3, -0.25) is 4.79 Å². The number of thiazole rings is 1. The minimum atomic E-state index is -0.441. The van der Waals surface area contributed by atoms with Gasteiger partial charge in [-0.1, -0.05) is 36.4 Å². The molecule has 0 radical (unpaired) electrons. The van der Waals surface area contributed by atoms with E-state index in [1.807, 2.05) is 37.3 Å². The number of rotatable bonds is 4. The second-order valence-corrected chi connectivity index (χ2v) is 8.47. The van der Waals surface area contributed by atoms with Crippen molar-refractivity contribution in [1.82, 2.24) is 14.9 Å². The first-order valence-electron chi connectivity index (χ1n) is 9.72. The maximum absolute atomic E-state index is 13.8. The molecule has 3 heterocycles. The summed E-state index contributed by atoms with van der Waals surface area (Å²) in [4.78, 5) is 24.7. The molecule has 0 saturated carbocycles. The number of carbonyl (C=O) groups excluding carboxylic acids is 1. The van der Waals surface area contributed by atoms with Crippen molar-refractivity contribution in [3.8, 4) is 10.4 Å². The maximum Gasteiger partial charge on any atom is 0.296 e. The van der Waals surface area contributed by atoms with Crippen molar-refractivity contribution in [1.29, 1.82) is 0 Å². The van der Waals surface area contributed by atoms with E-state index in [1.54, 1.807) is 17.0 Å². The molecule has 5 rings (SSSR count). The number of benzene rings is 2. The average Bonchev–Trinajstić information content (AvgIpc) is 3.47. The molecule has 6 nitrogen and oxygen atoms in total. The van der Waals surface area contributed by atoms with Gasteiger partial charge in [-0.05, 0) is 31.0 Å². The van der Waals surface area contributed by atoms with E-state index in [-0.39, 0.29) is 23.5 Å². The van der Waals surface area contributed by atoms with E-state index < -0.39 is 5.82 Å². The zero-order chi connectivity index (χ0) is 20.7. The molecule has 0 unspecified atom stereocenters. The van der Waals surface area contributed by atoms with Crippen molar-refractivity contribution in [2.45, 2.75) is 19.4 Å². The van der Waals surface area contributed by atoms with E-state index in [4.69, 9.17) is 4.42 Å². The summed E-state index contributed by atoms with van der Waals surface area (Å²) in [5.41, 5.74) is 2.09. The first-order chi connectivity index (χ1) is 14.6. The number of fused-ring (bicyclic) bond motifs is 1. The van der Waals surface area contributed by atoms with Gasteiger partial charge in [0.2, 0.25) is 0 Å². The Morgan fingerprint density at radius 2 is 2.03 bits per heavy atom. The lowest BCUT2D eigenvalue weighted by atomic mass is 10.1. The first-order valence-corrected chi connectivity index (χ1v) is 10.5. The highest BCUT2D eigenvalue weighted by molar-refractivity contribution is 7.15. The van der Waals surface area contributed by atoms with Gasteiger partial charge < -0.3 is 14.6 Å². The van der Waals surface area contributed by atoms with E-state index in [0.717, 1.165) is 21.9 Å². The maximum atomic E-state index is 13.8. The number of hydrogen-bond donors (Lipinski definition) is 1. The van der Waals surface area contributed by atoms with Crippen LogP contribution >= 0.6 is 11.3 Å². The van der Waals surface area contributed by atoms with Crippen molar-refractivity contribution in [2.75, 3.05) is 18.4 Å². The fourth-order valence-electron chi connectivity index (χ4n) is 3.72. The van der Waals surface area contributed by atoms with Crippen LogP contribution in [0.5, 0.6) is 0 Å². The zero-order valence-corrected chi connectivity index (χ0v) is 17.1. The Bertz CT molecular complexity index is 1220. The summed E-state index contributed by atoms with van der Waals surface area (Å²) in [6.07, 6.45) is 0.747. The number of amides is 1. The molecule has 8 heteroatoms. The van der Waals surface area contributed by atoms with E-state index >= 15 is 0 Å². The van der Waals surface area contributed by atoms with E-state index in [2.05, 4.69) is 15.3 Å². The van der Waals surface area contributed by atoms with Crippen molar-refractivity contribution in [3.05, 3.63) is 65.0 Å². The first kappa shape index (κ1) is 18.7. The lowest BCUT2D eigenvalue weighted by Crippen LogP contribution is -2.32. The fraction of sp³-hybridized carbons (Fsp3) is 0.227. The Kier molecular flexibility index (Phi) is 4.71. The number of halogens is 1. The molecule has 1 N–H and O–H groups in total. The summed E-state index contributed by atoms with van der Waals surface area (Å²) in [5.74, 6) is -0.519. The van der Waals surface area contributed by atoms with E-state index in [0.29, 0.717) is 24.3 Å². The highest BCUT2D eigenvalue weighted by Crippen LogP contribution is 2.32. The third-order valence-electron chi connectivity index (χ3n) is 5.14. The van der Waals surface area contributed by atoms with Gasteiger partial charge in [0.1, 0.15) is 11.2 Å². The van der Waals surface area contributed by atoms with Gasteiger partial charge in [-0.2, -0.15) is 4.98 Å². The molecule has 1 amide bonds. The number of nitrogens with one attached hydrogen (secondary N) is 1. The third-order valence-corrected chi connectivity index (χ3v) is 6.16. The summed E-state index contributed by atoms with van der Waals surface area (Å²) in [5, 5.41) is 4.05. The Balaban J connectivity index is 1.32. The largest absolute Gasteiger partial charge is 0.420 e. The molecule has 1 saturated heterocycles. The van der Waals surface area contributed by atoms with Gasteiger partial charge in [-0.25, -0.2) is 9.37 Å². The number of aromatic nitrogens is 2. The normalized spacial score (nSPS) is 16.3. The Labute approximate surface area is 176 Å². The van der Waals surface area contributed by atoms with Crippen LogP contribution in [0, 0.1) is 12.7 Å².